The van der Waals surface area contributed by atoms with Crippen LogP contribution in [0.5, 0.6) is 0 Å². The van der Waals surface area contributed by atoms with E-state index >= 15 is 0 Å². The van der Waals surface area contributed by atoms with E-state index < -0.39 is 0 Å². The fourth-order valence-electron chi connectivity index (χ4n) is 4.55. The van der Waals surface area contributed by atoms with Crippen molar-refractivity contribution in [3.63, 3.8) is 0 Å². The monoisotopic (exact) mass is 432 g/mol. The zero-order valence-corrected chi connectivity index (χ0v) is 18.8. The third-order valence-electron chi connectivity index (χ3n) is 6.70. The quantitative estimate of drug-likeness (QED) is 0.766. The van der Waals surface area contributed by atoms with Crippen LogP contribution in [0.25, 0.3) is 11.4 Å². The minimum absolute atomic E-state index is 0. The molecule has 4 rings (SSSR count). The number of carbonyl (C=O) groups is 1. The number of rotatable bonds is 5. The summed E-state index contributed by atoms with van der Waals surface area (Å²) in [5, 5.41) is 7.54. The molecule has 164 valence electrons. The molecule has 0 saturated carbocycles. The molecule has 1 spiro atoms. The number of likely N-dealkylation sites (tertiary alicyclic amines) is 1. The Labute approximate surface area is 185 Å². The van der Waals surface area contributed by atoms with Crippen LogP contribution in [0.15, 0.2) is 28.8 Å². The van der Waals surface area contributed by atoms with Crippen LogP contribution in [0.4, 0.5) is 0 Å². The third-order valence-corrected chi connectivity index (χ3v) is 6.70. The molecule has 2 saturated heterocycles. The Morgan fingerprint density at radius 3 is 2.43 bits per heavy atom. The first-order valence-corrected chi connectivity index (χ1v) is 11.0. The molecule has 6 nitrogen and oxygen atoms in total. The summed E-state index contributed by atoms with van der Waals surface area (Å²) in [6, 6.07) is 8.26. The van der Waals surface area contributed by atoms with E-state index in [2.05, 4.69) is 41.4 Å². The van der Waals surface area contributed by atoms with Crippen molar-refractivity contribution in [1.29, 1.82) is 0 Å². The Bertz CT molecular complexity index is 818. The van der Waals surface area contributed by atoms with E-state index in [0.717, 1.165) is 44.6 Å². The van der Waals surface area contributed by atoms with Gasteiger partial charge < -0.3 is 14.7 Å². The number of aryl methyl sites for hydroxylation is 1. The van der Waals surface area contributed by atoms with Crippen molar-refractivity contribution >= 4 is 18.3 Å². The standard InChI is InChI=1S/C23H32N4O2.ClH/c1-17(2)18-3-5-19(6-4-18)22-25-20(29-26-22)7-8-21(28)27-15-11-23(12-16-27)9-13-24-14-10-23;/h3-6,17,24H,7-16H2,1-2H3;1H. The van der Waals surface area contributed by atoms with Crippen LogP contribution >= 0.6 is 12.4 Å². The number of aromatic nitrogens is 2. The fourth-order valence-corrected chi connectivity index (χ4v) is 4.55. The summed E-state index contributed by atoms with van der Waals surface area (Å²) in [5.74, 6) is 1.83. The van der Waals surface area contributed by atoms with Gasteiger partial charge in [0.15, 0.2) is 0 Å². The summed E-state index contributed by atoms with van der Waals surface area (Å²) < 4.78 is 5.39. The predicted molar refractivity (Wildman–Crippen MR) is 120 cm³/mol. The average molecular weight is 433 g/mol. The molecule has 3 heterocycles. The summed E-state index contributed by atoms with van der Waals surface area (Å²) in [6.45, 7) is 8.35. The van der Waals surface area contributed by atoms with Gasteiger partial charge in [-0.2, -0.15) is 4.98 Å². The Balaban J connectivity index is 0.00000256. The first kappa shape index (κ1) is 22.8. The average Bonchev–Trinajstić information content (AvgIpc) is 3.22. The van der Waals surface area contributed by atoms with Gasteiger partial charge in [0.1, 0.15) is 0 Å². The van der Waals surface area contributed by atoms with Crippen LogP contribution in [0.3, 0.4) is 0 Å². The van der Waals surface area contributed by atoms with E-state index in [-0.39, 0.29) is 18.3 Å². The molecule has 7 heteroatoms. The largest absolute Gasteiger partial charge is 0.343 e. The summed E-state index contributed by atoms with van der Waals surface area (Å²) in [6.07, 6.45) is 5.70. The van der Waals surface area contributed by atoms with E-state index in [1.165, 1.54) is 18.4 Å². The predicted octanol–water partition coefficient (Wildman–Crippen LogP) is 4.21. The smallest absolute Gasteiger partial charge is 0.227 e. The van der Waals surface area contributed by atoms with Gasteiger partial charge in [0.25, 0.3) is 0 Å². The highest BCUT2D eigenvalue weighted by atomic mass is 35.5. The number of benzene rings is 1. The molecule has 0 aliphatic carbocycles. The molecule has 0 bridgehead atoms. The van der Waals surface area contributed by atoms with Crippen molar-refractivity contribution in [2.75, 3.05) is 26.2 Å². The molecular weight excluding hydrogens is 400 g/mol. The van der Waals surface area contributed by atoms with Crippen molar-refractivity contribution in [1.82, 2.24) is 20.4 Å². The molecule has 0 unspecified atom stereocenters. The molecule has 2 aromatic rings. The van der Waals surface area contributed by atoms with E-state index in [0.29, 0.717) is 35.9 Å². The normalized spacial score (nSPS) is 18.4. The maximum absolute atomic E-state index is 12.6. The van der Waals surface area contributed by atoms with Crippen molar-refractivity contribution in [3.8, 4) is 11.4 Å². The van der Waals surface area contributed by atoms with Crippen molar-refractivity contribution in [3.05, 3.63) is 35.7 Å². The lowest BCUT2D eigenvalue weighted by Gasteiger charge is -2.44. The SMILES string of the molecule is CC(C)c1ccc(-c2noc(CCC(=O)N3CCC4(CCNCC4)CC3)n2)cc1.Cl. The van der Waals surface area contributed by atoms with Gasteiger partial charge in [0.2, 0.25) is 17.6 Å². The molecule has 1 N–H and O–H groups in total. The number of nitrogens with zero attached hydrogens (tertiary/aromatic N) is 3. The van der Waals surface area contributed by atoms with Gasteiger partial charge in [-0.15, -0.1) is 12.4 Å². The maximum Gasteiger partial charge on any atom is 0.227 e. The molecule has 30 heavy (non-hydrogen) atoms. The van der Waals surface area contributed by atoms with Crippen LogP contribution in [0.1, 0.15) is 63.3 Å². The minimum atomic E-state index is 0. The first-order valence-electron chi connectivity index (χ1n) is 11.0. The molecule has 2 aliphatic rings. The zero-order valence-electron chi connectivity index (χ0n) is 18.0. The third kappa shape index (κ3) is 5.22. The second kappa shape index (κ2) is 9.92. The number of hydrogen-bond donors (Lipinski definition) is 1. The second-order valence-electron chi connectivity index (χ2n) is 8.92. The van der Waals surface area contributed by atoms with Crippen molar-refractivity contribution in [2.45, 2.75) is 58.3 Å². The highest BCUT2D eigenvalue weighted by Gasteiger charge is 2.36. The molecule has 0 radical (unpaired) electrons. The zero-order chi connectivity index (χ0) is 20.3. The van der Waals surface area contributed by atoms with E-state index in [1.54, 1.807) is 0 Å². The topological polar surface area (TPSA) is 71.3 Å². The lowest BCUT2D eigenvalue weighted by Crippen LogP contribution is -2.47. The molecule has 1 aromatic carbocycles. The van der Waals surface area contributed by atoms with Crippen LogP contribution in [0.2, 0.25) is 0 Å². The Morgan fingerprint density at radius 1 is 1.13 bits per heavy atom. The molecule has 2 aliphatic heterocycles. The molecule has 2 fully saturated rings. The fraction of sp³-hybridized carbons (Fsp3) is 0.609. The number of halogens is 1. The number of amides is 1. The highest BCUT2D eigenvalue weighted by molar-refractivity contribution is 5.85. The van der Waals surface area contributed by atoms with Crippen LogP contribution in [-0.4, -0.2) is 47.1 Å². The van der Waals surface area contributed by atoms with Gasteiger partial charge in [0.05, 0.1) is 0 Å². The Kier molecular flexibility index (Phi) is 7.53. The number of piperidine rings is 2. The lowest BCUT2D eigenvalue weighted by atomic mass is 9.71. The first-order chi connectivity index (χ1) is 14.0. The van der Waals surface area contributed by atoms with Gasteiger partial charge in [-0.05, 0) is 55.7 Å². The lowest BCUT2D eigenvalue weighted by molar-refractivity contribution is -0.133. The van der Waals surface area contributed by atoms with Gasteiger partial charge in [-0.25, -0.2) is 0 Å². The number of nitrogens with one attached hydrogen (secondary N) is 1. The van der Waals surface area contributed by atoms with Crippen LogP contribution in [-0.2, 0) is 11.2 Å². The highest BCUT2D eigenvalue weighted by Crippen LogP contribution is 2.39. The van der Waals surface area contributed by atoms with E-state index in [4.69, 9.17) is 4.52 Å². The summed E-state index contributed by atoms with van der Waals surface area (Å²) >= 11 is 0. The number of carbonyl (C=O) groups excluding carboxylic acids is 1. The molecular formula is C23H33ClN4O2. The number of hydrogen-bond acceptors (Lipinski definition) is 5. The second-order valence-corrected chi connectivity index (χ2v) is 8.92. The van der Waals surface area contributed by atoms with E-state index in [1.807, 2.05) is 17.0 Å². The maximum atomic E-state index is 12.6. The Morgan fingerprint density at radius 2 is 1.80 bits per heavy atom. The van der Waals surface area contributed by atoms with Crippen molar-refractivity contribution < 1.29 is 9.32 Å². The molecule has 1 amide bonds. The van der Waals surface area contributed by atoms with E-state index in [9.17, 15) is 4.79 Å². The van der Waals surface area contributed by atoms with Gasteiger partial charge in [-0.1, -0.05) is 43.3 Å². The van der Waals surface area contributed by atoms with Crippen LogP contribution < -0.4 is 5.32 Å². The minimum Gasteiger partial charge on any atom is -0.343 e. The molecule has 0 atom stereocenters. The summed E-state index contributed by atoms with van der Waals surface area (Å²) in [7, 11) is 0. The van der Waals surface area contributed by atoms with Gasteiger partial charge in [-0.3, -0.25) is 4.79 Å². The summed E-state index contributed by atoms with van der Waals surface area (Å²) in [4.78, 5) is 19.2. The van der Waals surface area contributed by atoms with Crippen LogP contribution in [0, 0.1) is 5.41 Å². The Hall–Kier alpha value is -1.92. The van der Waals surface area contributed by atoms with Crippen molar-refractivity contribution in [2.24, 2.45) is 5.41 Å². The van der Waals surface area contributed by atoms with Gasteiger partial charge >= 0.3 is 0 Å². The van der Waals surface area contributed by atoms with Gasteiger partial charge in [0, 0.05) is 31.5 Å². The molecule has 1 aromatic heterocycles. The summed E-state index contributed by atoms with van der Waals surface area (Å²) in [5.41, 5.74) is 2.70.